The van der Waals surface area contributed by atoms with Gasteiger partial charge in [-0.05, 0) is 56.7 Å². The number of hydrogen-bond acceptors (Lipinski definition) is 5. The minimum Gasteiger partial charge on any atom is -0.444 e. The molecule has 0 radical (unpaired) electrons. The molecule has 0 saturated carbocycles. The van der Waals surface area contributed by atoms with E-state index in [-0.39, 0.29) is 6.09 Å². The van der Waals surface area contributed by atoms with Crippen molar-refractivity contribution in [3.05, 3.63) is 65.4 Å². The maximum absolute atomic E-state index is 13.1. The molecule has 1 fully saturated rings. The molecule has 1 aromatic carbocycles. The van der Waals surface area contributed by atoms with Crippen molar-refractivity contribution in [1.29, 1.82) is 0 Å². The molecule has 4 rings (SSSR count). The van der Waals surface area contributed by atoms with Gasteiger partial charge < -0.3 is 14.5 Å². The van der Waals surface area contributed by atoms with Crippen LogP contribution in [-0.4, -0.2) is 52.7 Å². The van der Waals surface area contributed by atoms with Crippen molar-refractivity contribution in [2.75, 3.05) is 31.1 Å². The van der Waals surface area contributed by atoms with Gasteiger partial charge in [0.2, 0.25) is 0 Å². The maximum Gasteiger partial charge on any atom is 0.416 e. The third-order valence-corrected chi connectivity index (χ3v) is 5.99. The van der Waals surface area contributed by atoms with E-state index in [4.69, 9.17) is 21.3 Å². The zero-order valence-corrected chi connectivity index (χ0v) is 20.9. The van der Waals surface area contributed by atoms with E-state index in [9.17, 15) is 18.0 Å². The van der Waals surface area contributed by atoms with Gasteiger partial charge in [0.25, 0.3) is 0 Å². The molecule has 1 aliphatic heterocycles. The van der Waals surface area contributed by atoms with Crippen molar-refractivity contribution in [2.45, 2.75) is 32.5 Å². The first-order valence-corrected chi connectivity index (χ1v) is 11.8. The van der Waals surface area contributed by atoms with Gasteiger partial charge in [-0.1, -0.05) is 23.7 Å². The van der Waals surface area contributed by atoms with E-state index in [1.165, 1.54) is 18.3 Å². The summed E-state index contributed by atoms with van der Waals surface area (Å²) in [5.74, 6) is 0.678. The standard InChI is InChI=1S/C26H26ClF3N4O2/c1-25(2,3)36-24(35)34-14-12-33(13-15-34)22-9-8-19(17-4-6-18(7-5-17)26(28,29)30)23(32-22)20-10-11-31-16-21(20)27/h4-11,16H,12-15H2,1-3H3. The first-order chi connectivity index (χ1) is 16.9. The number of halogens is 4. The van der Waals surface area contributed by atoms with Crippen LogP contribution in [0.15, 0.2) is 54.9 Å². The second-order valence-corrected chi connectivity index (χ2v) is 9.86. The zero-order chi connectivity index (χ0) is 26.1. The molecule has 36 heavy (non-hydrogen) atoms. The van der Waals surface area contributed by atoms with Crippen molar-refractivity contribution >= 4 is 23.5 Å². The minimum atomic E-state index is -4.42. The van der Waals surface area contributed by atoms with Gasteiger partial charge in [0.05, 0.1) is 16.3 Å². The number of carbonyl (C=O) groups is 1. The largest absolute Gasteiger partial charge is 0.444 e. The van der Waals surface area contributed by atoms with Crippen LogP contribution >= 0.6 is 11.6 Å². The van der Waals surface area contributed by atoms with Crippen LogP contribution in [-0.2, 0) is 10.9 Å². The molecule has 1 amide bonds. The van der Waals surface area contributed by atoms with Crippen LogP contribution in [0.5, 0.6) is 0 Å². The van der Waals surface area contributed by atoms with Gasteiger partial charge in [0.1, 0.15) is 11.4 Å². The third-order valence-electron chi connectivity index (χ3n) is 5.69. The normalized spacial score (nSPS) is 14.6. The van der Waals surface area contributed by atoms with Crippen LogP contribution in [0.3, 0.4) is 0 Å². The molecule has 1 saturated heterocycles. The van der Waals surface area contributed by atoms with Crippen LogP contribution in [0.4, 0.5) is 23.8 Å². The second-order valence-electron chi connectivity index (χ2n) is 9.45. The predicted molar refractivity (Wildman–Crippen MR) is 133 cm³/mol. The molecule has 0 atom stereocenters. The number of amides is 1. The lowest BCUT2D eigenvalue weighted by Crippen LogP contribution is -2.50. The molecule has 0 aliphatic carbocycles. The molecular weight excluding hydrogens is 493 g/mol. The Labute approximate surface area is 212 Å². The zero-order valence-electron chi connectivity index (χ0n) is 20.1. The van der Waals surface area contributed by atoms with Crippen molar-refractivity contribution in [3.63, 3.8) is 0 Å². The topological polar surface area (TPSA) is 58.6 Å². The van der Waals surface area contributed by atoms with Gasteiger partial charge in [-0.15, -0.1) is 0 Å². The molecule has 1 aliphatic rings. The molecule has 190 valence electrons. The molecule has 0 unspecified atom stereocenters. The highest BCUT2D eigenvalue weighted by molar-refractivity contribution is 6.33. The number of benzene rings is 1. The van der Waals surface area contributed by atoms with Crippen LogP contribution in [0, 0.1) is 0 Å². The number of rotatable bonds is 3. The first kappa shape index (κ1) is 25.8. The van der Waals surface area contributed by atoms with Crippen molar-refractivity contribution in [3.8, 4) is 22.4 Å². The smallest absolute Gasteiger partial charge is 0.416 e. The average molecular weight is 519 g/mol. The Morgan fingerprint density at radius 1 is 0.944 bits per heavy atom. The third kappa shape index (κ3) is 5.90. The monoisotopic (exact) mass is 518 g/mol. The lowest BCUT2D eigenvalue weighted by molar-refractivity contribution is -0.137. The van der Waals surface area contributed by atoms with E-state index in [0.29, 0.717) is 59.4 Å². The van der Waals surface area contributed by atoms with Gasteiger partial charge in [-0.2, -0.15) is 13.2 Å². The van der Waals surface area contributed by atoms with E-state index in [2.05, 4.69) is 9.88 Å². The Morgan fingerprint density at radius 3 is 2.19 bits per heavy atom. The minimum absolute atomic E-state index is 0.350. The van der Waals surface area contributed by atoms with Crippen LogP contribution in [0.25, 0.3) is 22.4 Å². The Hall–Kier alpha value is -3.33. The number of alkyl halides is 3. The highest BCUT2D eigenvalue weighted by atomic mass is 35.5. The molecule has 2 aromatic heterocycles. The Morgan fingerprint density at radius 2 is 1.61 bits per heavy atom. The number of pyridine rings is 2. The summed E-state index contributed by atoms with van der Waals surface area (Å²) in [5, 5.41) is 0.380. The Balaban J connectivity index is 1.63. The molecule has 3 heterocycles. The van der Waals surface area contributed by atoms with Crippen molar-refractivity contribution < 1.29 is 22.7 Å². The highest BCUT2D eigenvalue weighted by Gasteiger charge is 2.30. The molecule has 0 bridgehead atoms. The Bertz CT molecular complexity index is 1240. The number of hydrogen-bond donors (Lipinski definition) is 0. The summed E-state index contributed by atoms with van der Waals surface area (Å²) in [6, 6.07) is 10.3. The van der Waals surface area contributed by atoms with Crippen LogP contribution < -0.4 is 4.90 Å². The number of ether oxygens (including phenoxy) is 1. The first-order valence-electron chi connectivity index (χ1n) is 11.4. The SMILES string of the molecule is CC(C)(C)OC(=O)N1CCN(c2ccc(-c3ccc(C(F)(F)F)cc3)c(-c3ccncc3Cl)n2)CC1. The summed E-state index contributed by atoms with van der Waals surface area (Å²) in [6.45, 7) is 7.54. The lowest BCUT2D eigenvalue weighted by Gasteiger charge is -2.36. The van der Waals surface area contributed by atoms with E-state index in [1.54, 1.807) is 17.2 Å². The van der Waals surface area contributed by atoms with E-state index in [1.807, 2.05) is 32.9 Å². The summed E-state index contributed by atoms with van der Waals surface area (Å²) >= 11 is 6.43. The molecule has 3 aromatic rings. The summed E-state index contributed by atoms with van der Waals surface area (Å²) in [7, 11) is 0. The van der Waals surface area contributed by atoms with Crippen molar-refractivity contribution in [2.24, 2.45) is 0 Å². The van der Waals surface area contributed by atoms with Gasteiger partial charge in [0, 0.05) is 49.7 Å². The number of nitrogens with zero attached hydrogens (tertiary/aromatic N) is 4. The summed E-state index contributed by atoms with van der Waals surface area (Å²) in [6.07, 6.45) is -1.68. The van der Waals surface area contributed by atoms with Gasteiger partial charge in [-0.25, -0.2) is 9.78 Å². The van der Waals surface area contributed by atoms with E-state index >= 15 is 0 Å². The van der Waals surface area contributed by atoms with Gasteiger partial charge in [0.15, 0.2) is 0 Å². The molecule has 0 N–H and O–H groups in total. The fraction of sp³-hybridized carbons (Fsp3) is 0.346. The molecular formula is C26H26ClF3N4O2. The quantitative estimate of drug-likeness (QED) is 0.394. The highest BCUT2D eigenvalue weighted by Crippen LogP contribution is 2.37. The summed E-state index contributed by atoms with van der Waals surface area (Å²) in [4.78, 5) is 25.0. The maximum atomic E-state index is 13.1. The Kier molecular flexibility index (Phi) is 7.13. The fourth-order valence-electron chi connectivity index (χ4n) is 3.91. The number of carbonyl (C=O) groups excluding carboxylic acids is 1. The average Bonchev–Trinajstić information content (AvgIpc) is 2.83. The van der Waals surface area contributed by atoms with Crippen LogP contribution in [0.2, 0.25) is 5.02 Å². The number of aromatic nitrogens is 2. The predicted octanol–water partition coefficient (Wildman–Crippen LogP) is 6.54. The summed E-state index contributed by atoms with van der Waals surface area (Å²) in [5.41, 5.74) is 1.10. The lowest BCUT2D eigenvalue weighted by atomic mass is 9.98. The second kappa shape index (κ2) is 9.97. The van der Waals surface area contributed by atoms with E-state index < -0.39 is 17.3 Å². The summed E-state index contributed by atoms with van der Waals surface area (Å²) < 4.78 is 44.6. The van der Waals surface area contributed by atoms with Gasteiger partial charge in [-0.3, -0.25) is 4.98 Å². The number of anilines is 1. The molecule has 0 spiro atoms. The molecule has 6 nitrogen and oxygen atoms in total. The van der Waals surface area contributed by atoms with Crippen molar-refractivity contribution in [1.82, 2.24) is 14.9 Å². The van der Waals surface area contributed by atoms with Gasteiger partial charge >= 0.3 is 12.3 Å². The molecule has 10 heteroatoms. The number of piperazine rings is 1. The van der Waals surface area contributed by atoms with E-state index in [0.717, 1.165) is 12.1 Å². The van der Waals surface area contributed by atoms with Crippen LogP contribution in [0.1, 0.15) is 26.3 Å². The fourth-order valence-corrected chi connectivity index (χ4v) is 4.12.